The van der Waals surface area contributed by atoms with Gasteiger partial charge in [-0.1, -0.05) is 140 Å². The minimum absolute atomic E-state index is 0.890. The van der Waals surface area contributed by atoms with E-state index >= 15 is 0 Å². The Bertz CT molecular complexity index is 3190. The van der Waals surface area contributed by atoms with E-state index in [1.54, 1.807) is 0 Å². The zero-order valence-electron chi connectivity index (χ0n) is 29.8. The molecule has 11 rings (SSSR count). The Hall–Kier alpha value is -6.94. The van der Waals surface area contributed by atoms with Crippen molar-refractivity contribution in [3.63, 3.8) is 0 Å². The van der Waals surface area contributed by atoms with Crippen molar-refractivity contribution in [3.8, 4) is 33.4 Å². The van der Waals surface area contributed by atoms with Crippen molar-refractivity contribution in [2.24, 2.45) is 0 Å². The third-order valence-electron chi connectivity index (χ3n) is 10.9. The van der Waals surface area contributed by atoms with Crippen LogP contribution in [0.2, 0.25) is 0 Å². The van der Waals surface area contributed by atoms with Crippen molar-refractivity contribution < 1.29 is 4.42 Å². The molecule has 0 unspecified atom stereocenters. The minimum atomic E-state index is 0.890. The first-order valence-electron chi connectivity index (χ1n) is 18.7. The fourth-order valence-electron chi connectivity index (χ4n) is 8.29. The molecular formula is C52H33NOS. The molecule has 0 saturated carbocycles. The van der Waals surface area contributed by atoms with Gasteiger partial charge in [-0.25, -0.2) is 0 Å². The Morgan fingerprint density at radius 2 is 0.964 bits per heavy atom. The highest BCUT2D eigenvalue weighted by Crippen LogP contribution is 2.45. The molecule has 0 N–H and O–H groups in total. The van der Waals surface area contributed by atoms with Crippen LogP contribution in [0.4, 0.5) is 17.1 Å². The average molecular weight is 720 g/mol. The van der Waals surface area contributed by atoms with E-state index in [1.165, 1.54) is 53.2 Å². The first-order chi connectivity index (χ1) is 27.3. The Balaban J connectivity index is 1.03. The highest BCUT2D eigenvalue weighted by atomic mass is 32.1. The van der Waals surface area contributed by atoms with Crippen molar-refractivity contribution in [2.45, 2.75) is 0 Å². The molecular weight excluding hydrogens is 687 g/mol. The van der Waals surface area contributed by atoms with E-state index in [2.05, 4.69) is 205 Å². The summed E-state index contributed by atoms with van der Waals surface area (Å²) in [6.45, 7) is 0. The lowest BCUT2D eigenvalue weighted by atomic mass is 9.94. The van der Waals surface area contributed by atoms with Gasteiger partial charge in [-0.05, 0) is 99.3 Å². The lowest BCUT2D eigenvalue weighted by molar-refractivity contribution is 0.669. The molecule has 0 aliphatic carbocycles. The lowest BCUT2D eigenvalue weighted by Crippen LogP contribution is -2.11. The molecule has 9 aromatic carbocycles. The number of nitrogens with zero attached hydrogens (tertiary/aromatic N) is 1. The molecule has 2 heterocycles. The standard InChI is InChI=1S/C52H33NOS/c1-3-13-35(14-4-1)40-17-9-11-21-47(40)53(39-28-30-51-46(32-39)42-19-10-12-22-50(42)55-51)38-26-23-34(24-27-38)37-25-29-44-48(31-37)54-49-33-45(36-15-5-2-6-16-36)41-18-7-8-20-43(41)52(44)49/h1-33H. The number of fused-ring (bicyclic) bond motifs is 8. The molecule has 11 aromatic rings. The van der Waals surface area contributed by atoms with Gasteiger partial charge in [0.1, 0.15) is 11.2 Å². The largest absolute Gasteiger partial charge is 0.456 e. The van der Waals surface area contributed by atoms with Gasteiger partial charge in [0.05, 0.1) is 5.69 Å². The maximum atomic E-state index is 6.67. The summed E-state index contributed by atoms with van der Waals surface area (Å²) >= 11 is 1.85. The molecule has 55 heavy (non-hydrogen) atoms. The Morgan fingerprint density at radius 1 is 0.345 bits per heavy atom. The van der Waals surface area contributed by atoms with Crippen LogP contribution in [0.1, 0.15) is 0 Å². The van der Waals surface area contributed by atoms with Crippen molar-refractivity contribution in [3.05, 3.63) is 200 Å². The Kier molecular flexibility index (Phi) is 7.39. The van der Waals surface area contributed by atoms with Gasteiger partial charge < -0.3 is 9.32 Å². The molecule has 0 radical (unpaired) electrons. The molecule has 2 nitrogen and oxygen atoms in total. The molecule has 3 heteroatoms. The van der Waals surface area contributed by atoms with Crippen LogP contribution in [-0.2, 0) is 0 Å². The van der Waals surface area contributed by atoms with Crippen molar-refractivity contribution in [1.29, 1.82) is 0 Å². The van der Waals surface area contributed by atoms with E-state index in [1.807, 2.05) is 11.3 Å². The summed E-state index contributed by atoms with van der Waals surface area (Å²) in [7, 11) is 0. The number of rotatable bonds is 6. The number of para-hydroxylation sites is 1. The topological polar surface area (TPSA) is 16.4 Å². The van der Waals surface area contributed by atoms with Gasteiger partial charge in [0.15, 0.2) is 0 Å². The quantitative estimate of drug-likeness (QED) is 0.170. The van der Waals surface area contributed by atoms with Crippen LogP contribution in [0.25, 0.3) is 86.3 Å². The van der Waals surface area contributed by atoms with E-state index in [9.17, 15) is 0 Å². The number of furan rings is 1. The predicted molar refractivity (Wildman–Crippen MR) is 235 cm³/mol. The maximum Gasteiger partial charge on any atom is 0.136 e. The van der Waals surface area contributed by atoms with E-state index in [-0.39, 0.29) is 0 Å². The number of hydrogen-bond donors (Lipinski definition) is 0. The van der Waals surface area contributed by atoms with E-state index in [0.717, 1.165) is 50.1 Å². The van der Waals surface area contributed by atoms with Crippen LogP contribution < -0.4 is 4.90 Å². The van der Waals surface area contributed by atoms with Crippen molar-refractivity contribution >= 4 is 81.3 Å². The summed E-state index contributed by atoms with van der Waals surface area (Å²) in [6.07, 6.45) is 0. The molecule has 258 valence electrons. The van der Waals surface area contributed by atoms with E-state index in [0.29, 0.717) is 0 Å². The van der Waals surface area contributed by atoms with Crippen molar-refractivity contribution in [2.75, 3.05) is 4.90 Å². The van der Waals surface area contributed by atoms with Gasteiger partial charge in [-0.15, -0.1) is 11.3 Å². The third-order valence-corrected chi connectivity index (χ3v) is 12.0. The first-order valence-corrected chi connectivity index (χ1v) is 19.5. The van der Waals surface area contributed by atoms with Crippen LogP contribution >= 0.6 is 11.3 Å². The highest BCUT2D eigenvalue weighted by molar-refractivity contribution is 7.25. The Labute approximate surface area is 322 Å². The van der Waals surface area contributed by atoms with E-state index < -0.39 is 0 Å². The fraction of sp³-hybridized carbons (Fsp3) is 0. The number of benzene rings is 9. The number of anilines is 3. The molecule has 0 atom stereocenters. The van der Waals surface area contributed by atoms with Crippen LogP contribution in [-0.4, -0.2) is 0 Å². The molecule has 0 aliphatic rings. The average Bonchev–Trinajstić information content (AvgIpc) is 3.82. The van der Waals surface area contributed by atoms with Crippen LogP contribution in [0.5, 0.6) is 0 Å². The SMILES string of the molecule is c1ccc(-c2ccccc2N(c2ccc(-c3ccc4c(c3)oc3cc(-c5ccccc5)c5ccccc5c34)cc2)c2ccc3sc4ccccc4c3c2)cc1. The summed E-state index contributed by atoms with van der Waals surface area (Å²) in [5.41, 5.74) is 12.1. The summed E-state index contributed by atoms with van der Waals surface area (Å²) in [5.74, 6) is 0. The summed E-state index contributed by atoms with van der Waals surface area (Å²) in [6, 6.07) is 72.0. The number of thiophene rings is 1. The smallest absolute Gasteiger partial charge is 0.136 e. The van der Waals surface area contributed by atoms with Crippen LogP contribution in [0.15, 0.2) is 205 Å². The molecule has 2 aromatic heterocycles. The van der Waals surface area contributed by atoms with E-state index in [4.69, 9.17) is 4.42 Å². The zero-order chi connectivity index (χ0) is 36.3. The van der Waals surface area contributed by atoms with Gasteiger partial charge in [-0.3, -0.25) is 0 Å². The monoisotopic (exact) mass is 719 g/mol. The second kappa shape index (κ2) is 12.9. The zero-order valence-corrected chi connectivity index (χ0v) is 30.6. The van der Waals surface area contributed by atoms with Crippen molar-refractivity contribution in [1.82, 2.24) is 0 Å². The maximum absolute atomic E-state index is 6.67. The lowest BCUT2D eigenvalue weighted by Gasteiger charge is -2.28. The first kappa shape index (κ1) is 31.6. The normalized spacial score (nSPS) is 11.6. The second-order valence-electron chi connectivity index (χ2n) is 14.1. The molecule has 0 fully saturated rings. The molecule has 0 amide bonds. The summed E-state index contributed by atoms with van der Waals surface area (Å²) < 4.78 is 9.27. The van der Waals surface area contributed by atoms with Crippen LogP contribution in [0.3, 0.4) is 0 Å². The van der Waals surface area contributed by atoms with Gasteiger partial charge in [0.2, 0.25) is 0 Å². The molecule has 0 spiro atoms. The van der Waals surface area contributed by atoms with Gasteiger partial charge in [-0.2, -0.15) is 0 Å². The molecule has 0 saturated heterocycles. The Morgan fingerprint density at radius 3 is 1.76 bits per heavy atom. The highest BCUT2D eigenvalue weighted by Gasteiger charge is 2.20. The summed E-state index contributed by atoms with van der Waals surface area (Å²) in [4.78, 5) is 2.40. The third kappa shape index (κ3) is 5.32. The molecule has 0 bridgehead atoms. The number of hydrogen-bond acceptors (Lipinski definition) is 3. The second-order valence-corrected chi connectivity index (χ2v) is 15.1. The fourth-order valence-corrected chi connectivity index (χ4v) is 9.38. The van der Waals surface area contributed by atoms with Crippen LogP contribution in [0, 0.1) is 0 Å². The predicted octanol–water partition coefficient (Wildman–Crippen LogP) is 15.6. The summed E-state index contributed by atoms with van der Waals surface area (Å²) in [5, 5.41) is 7.30. The van der Waals surface area contributed by atoms with Gasteiger partial charge in [0.25, 0.3) is 0 Å². The molecule has 0 aliphatic heterocycles. The van der Waals surface area contributed by atoms with Gasteiger partial charge >= 0.3 is 0 Å². The minimum Gasteiger partial charge on any atom is -0.456 e. The van der Waals surface area contributed by atoms with Gasteiger partial charge in [0, 0.05) is 47.9 Å².